The zero-order valence-corrected chi connectivity index (χ0v) is 11.3. The lowest BCUT2D eigenvalue weighted by Crippen LogP contribution is -2.37. The van der Waals surface area contributed by atoms with Gasteiger partial charge in [0.1, 0.15) is 0 Å². The van der Waals surface area contributed by atoms with Crippen LogP contribution in [-0.2, 0) is 6.54 Å². The van der Waals surface area contributed by atoms with E-state index in [-0.39, 0.29) is 0 Å². The lowest BCUT2D eigenvalue weighted by atomic mass is 10.4. The van der Waals surface area contributed by atoms with Crippen molar-refractivity contribution in [3.8, 4) is 0 Å². The van der Waals surface area contributed by atoms with E-state index >= 15 is 0 Å². The van der Waals surface area contributed by atoms with E-state index in [9.17, 15) is 0 Å². The number of aliphatic imine (C=N–C) groups is 1. The molecule has 0 atom stereocenters. The number of nitrogens with two attached hydrogens (primary N) is 1. The Balaban J connectivity index is 2.68. The monoisotopic (exact) mass is 240 g/mol. The van der Waals surface area contributed by atoms with Crippen LogP contribution in [0.5, 0.6) is 0 Å². The van der Waals surface area contributed by atoms with E-state index in [1.54, 1.807) is 11.3 Å². The van der Waals surface area contributed by atoms with Gasteiger partial charge in [0, 0.05) is 18.0 Å². The molecule has 16 heavy (non-hydrogen) atoms. The smallest absolute Gasteiger partial charge is 0.191 e. The molecule has 0 spiro atoms. The fourth-order valence-electron chi connectivity index (χ4n) is 1.52. The molecule has 5 heteroatoms. The van der Waals surface area contributed by atoms with E-state index in [4.69, 9.17) is 5.73 Å². The largest absolute Gasteiger partial charge is 0.370 e. The van der Waals surface area contributed by atoms with Crippen LogP contribution in [0.15, 0.2) is 4.99 Å². The van der Waals surface area contributed by atoms with Crippen LogP contribution in [0.4, 0.5) is 0 Å². The molecule has 1 aromatic rings. The quantitative estimate of drug-likeness (QED) is 0.646. The Hall–Kier alpha value is -1.10. The van der Waals surface area contributed by atoms with Crippen LogP contribution >= 0.6 is 11.3 Å². The van der Waals surface area contributed by atoms with E-state index in [2.05, 4.69) is 30.7 Å². The predicted molar refractivity (Wildman–Crippen MR) is 69.8 cm³/mol. The van der Waals surface area contributed by atoms with Crippen LogP contribution in [0.2, 0.25) is 0 Å². The summed E-state index contributed by atoms with van der Waals surface area (Å²) < 4.78 is 0. The fourth-order valence-corrected chi connectivity index (χ4v) is 2.35. The molecule has 2 N–H and O–H groups in total. The summed E-state index contributed by atoms with van der Waals surface area (Å²) in [6.07, 6.45) is 0. The van der Waals surface area contributed by atoms with Gasteiger partial charge in [-0.05, 0) is 27.7 Å². The van der Waals surface area contributed by atoms with Gasteiger partial charge in [-0.1, -0.05) is 0 Å². The number of aromatic nitrogens is 1. The number of rotatable bonds is 4. The Morgan fingerprint density at radius 1 is 1.38 bits per heavy atom. The second-order valence-corrected chi connectivity index (χ2v) is 4.99. The lowest BCUT2D eigenvalue weighted by Gasteiger charge is -2.19. The van der Waals surface area contributed by atoms with Crippen molar-refractivity contribution in [2.24, 2.45) is 10.7 Å². The van der Waals surface area contributed by atoms with Crippen LogP contribution < -0.4 is 5.73 Å². The zero-order valence-electron chi connectivity index (χ0n) is 10.4. The molecule has 0 radical (unpaired) electrons. The summed E-state index contributed by atoms with van der Waals surface area (Å²) in [6.45, 7) is 10.6. The minimum Gasteiger partial charge on any atom is -0.370 e. The fraction of sp³-hybridized carbons (Fsp3) is 0.636. The van der Waals surface area contributed by atoms with Crippen LogP contribution in [-0.4, -0.2) is 28.9 Å². The normalized spacial score (nSPS) is 11.9. The molecule has 1 rings (SSSR count). The summed E-state index contributed by atoms with van der Waals surface area (Å²) in [6, 6.07) is 0. The molecule has 4 nitrogen and oxygen atoms in total. The van der Waals surface area contributed by atoms with E-state index < -0.39 is 0 Å². The highest BCUT2D eigenvalue weighted by Crippen LogP contribution is 2.16. The third-order valence-electron chi connectivity index (χ3n) is 2.48. The summed E-state index contributed by atoms with van der Waals surface area (Å²) >= 11 is 1.71. The van der Waals surface area contributed by atoms with Gasteiger partial charge in [0.2, 0.25) is 0 Å². The Morgan fingerprint density at radius 2 is 2.00 bits per heavy atom. The maximum absolute atomic E-state index is 5.90. The molecule has 0 aliphatic carbocycles. The van der Waals surface area contributed by atoms with E-state index in [1.807, 2.05) is 11.8 Å². The average molecular weight is 240 g/mol. The Bertz CT molecular complexity index is 366. The highest BCUT2D eigenvalue weighted by atomic mass is 32.1. The van der Waals surface area contributed by atoms with Crippen LogP contribution in [0, 0.1) is 13.8 Å². The molecular formula is C11H20N4S. The molecule has 0 aliphatic rings. The molecule has 1 aromatic heterocycles. The Labute approximate surface area is 101 Å². The second-order valence-electron chi connectivity index (χ2n) is 3.58. The van der Waals surface area contributed by atoms with Gasteiger partial charge >= 0.3 is 0 Å². The molecule has 0 amide bonds. The first-order valence-corrected chi connectivity index (χ1v) is 6.37. The van der Waals surface area contributed by atoms with Gasteiger partial charge in [0.25, 0.3) is 0 Å². The first-order chi connectivity index (χ1) is 7.58. The highest BCUT2D eigenvalue weighted by Gasteiger charge is 2.05. The maximum atomic E-state index is 5.90. The number of hydrogen-bond donors (Lipinski definition) is 1. The van der Waals surface area contributed by atoms with Crippen molar-refractivity contribution < 1.29 is 0 Å². The molecule has 90 valence electrons. The topological polar surface area (TPSA) is 54.5 Å². The molecule has 0 unspecified atom stereocenters. The average Bonchev–Trinajstić information content (AvgIpc) is 2.56. The van der Waals surface area contributed by atoms with Gasteiger partial charge < -0.3 is 10.6 Å². The zero-order chi connectivity index (χ0) is 12.1. The predicted octanol–water partition coefficient (Wildman–Crippen LogP) is 1.92. The van der Waals surface area contributed by atoms with Crippen LogP contribution in [0.3, 0.4) is 0 Å². The molecule has 0 bridgehead atoms. The summed E-state index contributed by atoms with van der Waals surface area (Å²) in [5.41, 5.74) is 6.93. The van der Waals surface area contributed by atoms with Crippen molar-refractivity contribution in [2.45, 2.75) is 34.2 Å². The summed E-state index contributed by atoms with van der Waals surface area (Å²) in [5.74, 6) is 0.607. The van der Waals surface area contributed by atoms with E-state index in [1.165, 1.54) is 4.88 Å². The van der Waals surface area contributed by atoms with Gasteiger partial charge in [-0.15, -0.1) is 11.3 Å². The van der Waals surface area contributed by atoms with Crippen LogP contribution in [0.25, 0.3) is 0 Å². The van der Waals surface area contributed by atoms with Crippen molar-refractivity contribution in [3.05, 3.63) is 15.6 Å². The summed E-state index contributed by atoms with van der Waals surface area (Å²) in [7, 11) is 0. The first kappa shape index (κ1) is 13.0. The standard InChI is InChI=1S/C11H20N4S/c1-5-15(6-2)11(12)13-7-10-8(3)16-9(4)14-10/h5-7H2,1-4H3,(H2,12,13). The summed E-state index contributed by atoms with van der Waals surface area (Å²) in [5, 5.41) is 1.09. The summed E-state index contributed by atoms with van der Waals surface area (Å²) in [4.78, 5) is 12.1. The first-order valence-electron chi connectivity index (χ1n) is 5.56. The molecule has 0 fully saturated rings. The van der Waals surface area contributed by atoms with Gasteiger partial charge in [0.05, 0.1) is 17.2 Å². The van der Waals surface area contributed by atoms with Crippen molar-refractivity contribution in [2.75, 3.05) is 13.1 Å². The number of hydrogen-bond acceptors (Lipinski definition) is 3. The highest BCUT2D eigenvalue weighted by molar-refractivity contribution is 7.11. The van der Waals surface area contributed by atoms with Crippen molar-refractivity contribution in [3.63, 3.8) is 0 Å². The van der Waals surface area contributed by atoms with Gasteiger partial charge in [-0.25, -0.2) is 9.98 Å². The maximum Gasteiger partial charge on any atom is 0.191 e. The molecule has 0 saturated carbocycles. The van der Waals surface area contributed by atoms with E-state index in [0.29, 0.717) is 12.5 Å². The molecule has 0 saturated heterocycles. The Kier molecular flexibility index (Phi) is 4.73. The van der Waals surface area contributed by atoms with Crippen LogP contribution in [0.1, 0.15) is 29.4 Å². The number of thiazole rings is 1. The molecule has 1 heterocycles. The second kappa shape index (κ2) is 5.84. The third kappa shape index (κ3) is 3.20. The molecule has 0 aliphatic heterocycles. The van der Waals surface area contributed by atoms with Crippen molar-refractivity contribution >= 4 is 17.3 Å². The minimum atomic E-state index is 0.582. The number of nitrogens with zero attached hydrogens (tertiary/aromatic N) is 3. The molecule has 0 aromatic carbocycles. The van der Waals surface area contributed by atoms with E-state index in [0.717, 1.165) is 23.8 Å². The van der Waals surface area contributed by atoms with Gasteiger partial charge in [-0.2, -0.15) is 0 Å². The van der Waals surface area contributed by atoms with Gasteiger partial charge in [-0.3, -0.25) is 0 Å². The lowest BCUT2D eigenvalue weighted by molar-refractivity contribution is 0.458. The molecular weight excluding hydrogens is 220 g/mol. The van der Waals surface area contributed by atoms with Crippen molar-refractivity contribution in [1.29, 1.82) is 0 Å². The SMILES string of the molecule is CCN(CC)C(N)=NCc1nc(C)sc1C. The minimum absolute atomic E-state index is 0.582. The Morgan fingerprint density at radius 3 is 2.44 bits per heavy atom. The van der Waals surface area contributed by atoms with Crippen molar-refractivity contribution in [1.82, 2.24) is 9.88 Å². The number of aryl methyl sites for hydroxylation is 2. The van der Waals surface area contributed by atoms with Gasteiger partial charge in [0.15, 0.2) is 5.96 Å². The third-order valence-corrected chi connectivity index (χ3v) is 3.41. The number of guanidine groups is 1.